The summed E-state index contributed by atoms with van der Waals surface area (Å²) in [7, 11) is 0. The molecule has 1 fully saturated rings. The number of amides is 2. The third-order valence-electron chi connectivity index (χ3n) is 4.81. The Kier molecular flexibility index (Phi) is 5.83. The Morgan fingerprint density at radius 3 is 2.36 bits per heavy atom. The first kappa shape index (κ1) is 16.8. The van der Waals surface area contributed by atoms with Crippen LogP contribution in [0.25, 0.3) is 0 Å². The average molecular weight is 304 g/mol. The highest BCUT2D eigenvalue weighted by atomic mass is 16.3. The summed E-state index contributed by atoms with van der Waals surface area (Å²) in [6.45, 7) is 4.70. The number of hydrogen-bond acceptors (Lipinski definition) is 2. The molecule has 1 saturated carbocycles. The van der Waals surface area contributed by atoms with Crippen LogP contribution >= 0.6 is 0 Å². The van der Waals surface area contributed by atoms with Crippen LogP contribution in [0.4, 0.5) is 4.79 Å². The van der Waals surface area contributed by atoms with E-state index in [1.165, 1.54) is 18.4 Å². The van der Waals surface area contributed by atoms with Crippen molar-refractivity contribution in [3.05, 3.63) is 35.4 Å². The van der Waals surface area contributed by atoms with Gasteiger partial charge in [0, 0.05) is 12.6 Å². The number of carbonyl (C=O) groups excluding carboxylic acids is 1. The Morgan fingerprint density at radius 2 is 1.86 bits per heavy atom. The molecule has 1 atom stereocenters. The highest BCUT2D eigenvalue weighted by Crippen LogP contribution is 2.27. The zero-order valence-electron chi connectivity index (χ0n) is 13.7. The molecule has 1 aliphatic rings. The molecule has 0 aliphatic heterocycles. The average Bonchev–Trinajstić information content (AvgIpc) is 2.49. The molecule has 0 heterocycles. The maximum absolute atomic E-state index is 11.8. The minimum absolute atomic E-state index is 0.297. The van der Waals surface area contributed by atoms with Gasteiger partial charge in [-0.3, -0.25) is 0 Å². The van der Waals surface area contributed by atoms with Crippen LogP contribution in [0, 0.1) is 5.92 Å². The molecule has 0 aromatic heterocycles. The highest BCUT2D eigenvalue weighted by Gasteiger charge is 2.25. The lowest BCUT2D eigenvalue weighted by Gasteiger charge is -2.35. The molecule has 2 amide bonds. The van der Waals surface area contributed by atoms with Gasteiger partial charge in [-0.15, -0.1) is 0 Å². The van der Waals surface area contributed by atoms with E-state index in [-0.39, 0.29) is 6.03 Å². The van der Waals surface area contributed by atoms with Gasteiger partial charge < -0.3 is 15.7 Å². The molecule has 1 aromatic rings. The number of hydrogen-bond donors (Lipinski definition) is 2. The molecule has 2 rings (SSSR count). The lowest BCUT2D eigenvalue weighted by molar-refractivity contribution is 0.154. The van der Waals surface area contributed by atoms with Crippen LogP contribution in [0.3, 0.4) is 0 Å². The van der Waals surface area contributed by atoms with Crippen molar-refractivity contribution in [2.75, 3.05) is 6.54 Å². The van der Waals surface area contributed by atoms with Crippen molar-refractivity contribution in [1.29, 1.82) is 0 Å². The zero-order chi connectivity index (χ0) is 16.1. The molecule has 3 N–H and O–H groups in total. The molecule has 22 heavy (non-hydrogen) atoms. The summed E-state index contributed by atoms with van der Waals surface area (Å²) in [5.41, 5.74) is 7.66. The van der Waals surface area contributed by atoms with Gasteiger partial charge in [-0.2, -0.15) is 0 Å². The van der Waals surface area contributed by atoms with Crippen molar-refractivity contribution in [3.8, 4) is 0 Å². The van der Waals surface area contributed by atoms with Crippen molar-refractivity contribution in [2.45, 2.75) is 58.1 Å². The van der Waals surface area contributed by atoms with E-state index >= 15 is 0 Å². The lowest BCUT2D eigenvalue weighted by atomic mass is 9.86. The second kappa shape index (κ2) is 7.63. The van der Waals surface area contributed by atoms with E-state index in [0.29, 0.717) is 12.6 Å². The Labute approximate surface area is 133 Å². The van der Waals surface area contributed by atoms with Crippen molar-refractivity contribution in [3.63, 3.8) is 0 Å². The fourth-order valence-electron chi connectivity index (χ4n) is 3.24. The van der Waals surface area contributed by atoms with Gasteiger partial charge in [0.05, 0.1) is 6.10 Å². The number of aliphatic hydroxyl groups is 1. The van der Waals surface area contributed by atoms with Crippen molar-refractivity contribution < 1.29 is 9.90 Å². The smallest absolute Gasteiger partial charge is 0.315 e. The number of urea groups is 1. The largest absolute Gasteiger partial charge is 0.389 e. The molecule has 4 nitrogen and oxygen atoms in total. The fraction of sp³-hybridized carbons (Fsp3) is 0.611. The van der Waals surface area contributed by atoms with Crippen molar-refractivity contribution in [1.82, 2.24) is 4.90 Å². The van der Waals surface area contributed by atoms with E-state index < -0.39 is 6.10 Å². The molecule has 4 heteroatoms. The number of nitrogens with zero attached hydrogens (tertiary/aromatic N) is 1. The molecule has 1 aromatic carbocycles. The highest BCUT2D eigenvalue weighted by molar-refractivity contribution is 5.72. The Hall–Kier alpha value is -1.55. The summed E-state index contributed by atoms with van der Waals surface area (Å²) in [5.74, 6) is 0.763. The SMILES string of the molecule is CC(O)c1ccc(CCN(C(N)=O)[C@H]2CC[C@H](C)CC2)cc1. The monoisotopic (exact) mass is 304 g/mol. The van der Waals surface area contributed by atoms with Crippen LogP contribution in [0.1, 0.15) is 56.8 Å². The zero-order valence-corrected chi connectivity index (χ0v) is 13.7. The number of primary amides is 1. The van der Waals surface area contributed by atoms with Crippen LogP contribution in [0.5, 0.6) is 0 Å². The first-order valence-corrected chi connectivity index (χ1v) is 8.30. The molecular weight excluding hydrogens is 276 g/mol. The molecule has 0 bridgehead atoms. The van der Waals surface area contributed by atoms with Crippen LogP contribution in [-0.2, 0) is 6.42 Å². The van der Waals surface area contributed by atoms with Crippen molar-refractivity contribution in [2.24, 2.45) is 11.7 Å². The molecule has 0 radical (unpaired) electrons. The fourth-order valence-corrected chi connectivity index (χ4v) is 3.24. The van der Waals surface area contributed by atoms with E-state index in [9.17, 15) is 9.90 Å². The lowest BCUT2D eigenvalue weighted by Crippen LogP contribution is -2.46. The van der Waals surface area contributed by atoms with Gasteiger partial charge in [0.1, 0.15) is 0 Å². The maximum Gasteiger partial charge on any atom is 0.315 e. The molecule has 1 aliphatic carbocycles. The van der Waals surface area contributed by atoms with E-state index in [0.717, 1.165) is 30.7 Å². The standard InChI is InChI=1S/C18H28N2O2/c1-13-3-9-17(10-4-13)20(18(19)22)12-11-15-5-7-16(8-6-15)14(2)21/h5-8,13-14,17,21H,3-4,9-12H2,1-2H3,(H2,19,22)/t13-,14?,17-. The predicted octanol–water partition coefficient (Wildman–Crippen LogP) is 3.24. The summed E-state index contributed by atoms with van der Waals surface area (Å²) < 4.78 is 0. The van der Waals surface area contributed by atoms with E-state index in [1.807, 2.05) is 29.2 Å². The third-order valence-corrected chi connectivity index (χ3v) is 4.81. The summed E-state index contributed by atoms with van der Waals surface area (Å²) >= 11 is 0. The van der Waals surface area contributed by atoms with E-state index in [4.69, 9.17) is 5.73 Å². The van der Waals surface area contributed by atoms with Gasteiger partial charge in [-0.1, -0.05) is 31.2 Å². The Bertz CT molecular complexity index is 476. The minimum Gasteiger partial charge on any atom is -0.389 e. The molecule has 122 valence electrons. The van der Waals surface area contributed by atoms with Crippen LogP contribution < -0.4 is 5.73 Å². The second-order valence-electron chi connectivity index (χ2n) is 6.61. The van der Waals surface area contributed by atoms with Crippen LogP contribution in [0.15, 0.2) is 24.3 Å². The second-order valence-corrected chi connectivity index (χ2v) is 6.61. The normalized spacial score (nSPS) is 23.0. The summed E-state index contributed by atoms with van der Waals surface area (Å²) in [6, 6.07) is 7.91. The van der Waals surface area contributed by atoms with Gasteiger partial charge >= 0.3 is 6.03 Å². The van der Waals surface area contributed by atoms with E-state index in [2.05, 4.69) is 6.92 Å². The Morgan fingerprint density at radius 1 is 1.27 bits per heavy atom. The summed E-state index contributed by atoms with van der Waals surface area (Å²) in [6.07, 6.45) is 4.83. The molecule has 1 unspecified atom stereocenters. The molecule has 0 spiro atoms. The van der Waals surface area contributed by atoms with Gasteiger partial charge in [0.15, 0.2) is 0 Å². The third kappa shape index (κ3) is 4.47. The van der Waals surface area contributed by atoms with Gasteiger partial charge in [-0.05, 0) is 56.1 Å². The maximum atomic E-state index is 11.8. The summed E-state index contributed by atoms with van der Waals surface area (Å²) in [5, 5.41) is 9.53. The number of aliphatic hydroxyl groups excluding tert-OH is 1. The van der Waals surface area contributed by atoms with Gasteiger partial charge in [0.25, 0.3) is 0 Å². The minimum atomic E-state index is -0.444. The number of nitrogens with two attached hydrogens (primary N) is 1. The van der Waals surface area contributed by atoms with Gasteiger partial charge in [0.2, 0.25) is 0 Å². The number of carbonyl (C=O) groups is 1. The Balaban J connectivity index is 1.92. The van der Waals surface area contributed by atoms with E-state index in [1.54, 1.807) is 6.92 Å². The number of benzene rings is 1. The first-order valence-electron chi connectivity index (χ1n) is 8.30. The molecular formula is C18H28N2O2. The molecule has 0 saturated heterocycles. The van der Waals surface area contributed by atoms with Crippen molar-refractivity contribution >= 4 is 6.03 Å². The quantitative estimate of drug-likeness (QED) is 0.877. The topological polar surface area (TPSA) is 66.6 Å². The first-order chi connectivity index (χ1) is 10.5. The predicted molar refractivity (Wildman–Crippen MR) is 88.5 cm³/mol. The van der Waals surface area contributed by atoms with Crippen LogP contribution in [-0.4, -0.2) is 28.6 Å². The summed E-state index contributed by atoms with van der Waals surface area (Å²) in [4.78, 5) is 13.6. The van der Waals surface area contributed by atoms with Gasteiger partial charge in [-0.25, -0.2) is 4.79 Å². The van der Waals surface area contributed by atoms with Crippen LogP contribution in [0.2, 0.25) is 0 Å². The number of rotatable bonds is 5.